The van der Waals surface area contributed by atoms with Gasteiger partial charge in [0.05, 0.1) is 17.0 Å². The van der Waals surface area contributed by atoms with Gasteiger partial charge in [0, 0.05) is 5.69 Å². The van der Waals surface area contributed by atoms with Crippen LogP contribution in [0.2, 0.25) is 0 Å². The van der Waals surface area contributed by atoms with Gasteiger partial charge < -0.3 is 15.3 Å². The number of rotatable bonds is 1. The Bertz CT molecular complexity index is 930. The monoisotopic (exact) mass is 271 g/mol. The quantitative estimate of drug-likeness (QED) is 0.640. The zero-order valence-corrected chi connectivity index (χ0v) is 10.4. The van der Waals surface area contributed by atoms with E-state index in [9.17, 15) is 9.59 Å². The zero-order chi connectivity index (χ0) is 14.4. The van der Waals surface area contributed by atoms with Crippen molar-refractivity contribution in [1.82, 2.24) is 9.97 Å². The van der Waals surface area contributed by atoms with Gasteiger partial charge >= 0.3 is 5.97 Å². The first-order valence-corrected chi connectivity index (χ1v) is 5.70. The fraction of sp³-hybridized carbons (Fsp3) is 0.0769. The highest BCUT2D eigenvalue weighted by atomic mass is 16.4. The van der Waals surface area contributed by atoms with Crippen LogP contribution < -0.4 is 11.2 Å². The number of fused-ring (bicyclic) bond motifs is 2. The molecule has 3 N–H and O–H groups in total. The van der Waals surface area contributed by atoms with E-state index in [0.717, 1.165) is 0 Å². The topological polar surface area (TPSA) is 119 Å². The second-order valence-corrected chi connectivity index (χ2v) is 4.33. The third kappa shape index (κ3) is 1.68. The number of nitrogen functional groups attached to an aromatic ring is 1. The van der Waals surface area contributed by atoms with Gasteiger partial charge in [0.2, 0.25) is 11.1 Å². The lowest BCUT2D eigenvalue weighted by atomic mass is 10.1. The van der Waals surface area contributed by atoms with Crippen molar-refractivity contribution in [1.29, 1.82) is 0 Å². The number of carboxylic acid groups (broad SMARTS) is 1. The highest BCUT2D eigenvalue weighted by molar-refractivity contribution is 5.98. The molecule has 0 aliphatic rings. The van der Waals surface area contributed by atoms with Crippen LogP contribution in [0.15, 0.2) is 27.5 Å². The number of carboxylic acids is 1. The summed E-state index contributed by atoms with van der Waals surface area (Å²) in [5.74, 6) is -1.45. The number of aryl methyl sites for hydroxylation is 1. The molecule has 0 aromatic carbocycles. The van der Waals surface area contributed by atoms with Crippen molar-refractivity contribution in [3.05, 3.63) is 39.8 Å². The maximum absolute atomic E-state index is 12.4. The fourth-order valence-corrected chi connectivity index (χ4v) is 1.98. The van der Waals surface area contributed by atoms with Gasteiger partial charge in [-0.3, -0.25) is 9.78 Å². The Morgan fingerprint density at radius 2 is 2.10 bits per heavy atom. The van der Waals surface area contributed by atoms with Gasteiger partial charge in [0.15, 0.2) is 5.58 Å². The van der Waals surface area contributed by atoms with Gasteiger partial charge in [-0.1, -0.05) is 0 Å². The molecule has 0 unspecified atom stereocenters. The molecule has 0 radical (unpaired) electrons. The number of anilines is 1. The number of nitrogens with two attached hydrogens (primary N) is 1. The predicted molar refractivity (Wildman–Crippen MR) is 71.7 cm³/mol. The SMILES string of the molecule is Cc1cc2c(=O)c3cc(C(=O)O)c(N)nc3oc2cn1. The van der Waals surface area contributed by atoms with Crippen molar-refractivity contribution in [2.75, 3.05) is 5.73 Å². The molecule has 3 aromatic rings. The van der Waals surface area contributed by atoms with E-state index in [1.807, 2.05) is 0 Å². The van der Waals surface area contributed by atoms with Crippen LogP contribution >= 0.6 is 0 Å². The van der Waals surface area contributed by atoms with E-state index in [2.05, 4.69) is 9.97 Å². The molecule has 20 heavy (non-hydrogen) atoms. The Hall–Kier alpha value is -2.96. The van der Waals surface area contributed by atoms with Gasteiger partial charge in [-0.25, -0.2) is 4.79 Å². The number of hydrogen-bond donors (Lipinski definition) is 2. The molecule has 0 spiro atoms. The van der Waals surface area contributed by atoms with Gasteiger partial charge in [-0.15, -0.1) is 0 Å². The molecule has 3 heterocycles. The van der Waals surface area contributed by atoms with Gasteiger partial charge in [-0.05, 0) is 19.1 Å². The average Bonchev–Trinajstić information content (AvgIpc) is 2.39. The summed E-state index contributed by atoms with van der Waals surface area (Å²) in [6.45, 7) is 1.74. The third-order valence-corrected chi connectivity index (χ3v) is 2.95. The molecule has 3 aromatic heterocycles. The van der Waals surface area contributed by atoms with Gasteiger partial charge in [0.1, 0.15) is 11.4 Å². The summed E-state index contributed by atoms with van der Waals surface area (Å²) >= 11 is 0. The first-order valence-electron chi connectivity index (χ1n) is 5.70. The Morgan fingerprint density at radius 1 is 1.35 bits per heavy atom. The third-order valence-electron chi connectivity index (χ3n) is 2.95. The summed E-state index contributed by atoms with van der Waals surface area (Å²) in [5, 5.41) is 9.42. The average molecular weight is 271 g/mol. The van der Waals surface area contributed by atoms with Crippen LogP contribution in [0.25, 0.3) is 22.1 Å². The van der Waals surface area contributed by atoms with Crippen molar-refractivity contribution in [2.24, 2.45) is 0 Å². The van der Waals surface area contributed by atoms with Crippen LogP contribution in [0, 0.1) is 6.92 Å². The number of hydrogen-bond acceptors (Lipinski definition) is 6. The maximum Gasteiger partial charge on any atom is 0.339 e. The second-order valence-electron chi connectivity index (χ2n) is 4.33. The normalized spacial score (nSPS) is 11.1. The molecule has 0 aliphatic carbocycles. The highest BCUT2D eigenvalue weighted by Crippen LogP contribution is 2.20. The summed E-state index contributed by atoms with van der Waals surface area (Å²) in [5.41, 5.74) is 5.88. The Kier molecular flexibility index (Phi) is 2.43. The summed E-state index contributed by atoms with van der Waals surface area (Å²) in [6, 6.07) is 2.76. The molecule has 0 aliphatic heterocycles. The molecule has 0 bridgehead atoms. The fourth-order valence-electron chi connectivity index (χ4n) is 1.98. The summed E-state index contributed by atoms with van der Waals surface area (Å²) in [7, 11) is 0. The molecule has 0 fully saturated rings. The van der Waals surface area contributed by atoms with Crippen molar-refractivity contribution in [3.63, 3.8) is 0 Å². The molecule has 7 heteroatoms. The largest absolute Gasteiger partial charge is 0.478 e. The van der Waals surface area contributed by atoms with Crippen molar-refractivity contribution >= 4 is 33.9 Å². The van der Waals surface area contributed by atoms with E-state index >= 15 is 0 Å². The minimum Gasteiger partial charge on any atom is -0.478 e. The molecule has 0 amide bonds. The molecule has 7 nitrogen and oxygen atoms in total. The van der Waals surface area contributed by atoms with Gasteiger partial charge in [-0.2, -0.15) is 4.98 Å². The van der Waals surface area contributed by atoms with Crippen LogP contribution in [0.4, 0.5) is 5.82 Å². The smallest absolute Gasteiger partial charge is 0.339 e. The number of pyridine rings is 2. The van der Waals surface area contributed by atoms with Crippen LogP contribution in [0.1, 0.15) is 16.1 Å². The number of nitrogens with zero attached hydrogens (tertiary/aromatic N) is 2. The lowest BCUT2D eigenvalue weighted by molar-refractivity contribution is 0.0698. The lowest BCUT2D eigenvalue weighted by Crippen LogP contribution is -2.09. The minimum absolute atomic E-state index is 0.00402. The van der Waals surface area contributed by atoms with Crippen LogP contribution in [0.3, 0.4) is 0 Å². The molecule has 100 valence electrons. The number of aromatic carboxylic acids is 1. The lowest BCUT2D eigenvalue weighted by Gasteiger charge is -2.04. The van der Waals surface area contributed by atoms with Crippen LogP contribution in [0.5, 0.6) is 0 Å². The van der Waals surface area contributed by atoms with E-state index in [0.29, 0.717) is 11.1 Å². The van der Waals surface area contributed by atoms with Crippen molar-refractivity contribution < 1.29 is 14.3 Å². The first kappa shape index (κ1) is 12.1. The molecule has 3 rings (SSSR count). The molecular formula is C13H9N3O4. The van der Waals surface area contributed by atoms with Crippen molar-refractivity contribution in [2.45, 2.75) is 6.92 Å². The Balaban J connectivity index is 2.51. The van der Waals surface area contributed by atoms with Crippen molar-refractivity contribution in [3.8, 4) is 0 Å². The summed E-state index contributed by atoms with van der Waals surface area (Å²) < 4.78 is 5.45. The molecule has 0 saturated carbocycles. The summed E-state index contributed by atoms with van der Waals surface area (Å²) in [4.78, 5) is 31.3. The van der Waals surface area contributed by atoms with E-state index in [-0.39, 0.29) is 33.5 Å². The Labute approximate surface area is 111 Å². The first-order chi connectivity index (χ1) is 9.47. The number of carbonyl (C=O) groups is 1. The maximum atomic E-state index is 12.4. The molecule has 0 atom stereocenters. The summed E-state index contributed by atoms with van der Waals surface area (Å²) in [6.07, 6.45) is 1.43. The molecular weight excluding hydrogens is 262 g/mol. The minimum atomic E-state index is -1.25. The standard InChI is InChI=1S/C13H9N3O4/c1-5-2-6-9(4-15-5)20-12-7(10(6)17)3-8(13(18)19)11(14)16-12/h2-4H,1H3,(H2,14,16)(H,18,19). The van der Waals surface area contributed by atoms with E-state index in [1.54, 1.807) is 13.0 Å². The van der Waals surface area contributed by atoms with E-state index < -0.39 is 5.97 Å². The highest BCUT2D eigenvalue weighted by Gasteiger charge is 2.16. The molecule has 0 saturated heterocycles. The van der Waals surface area contributed by atoms with Crippen LogP contribution in [-0.4, -0.2) is 21.0 Å². The predicted octanol–water partition coefficient (Wildman–Crippen LogP) is 1.33. The van der Waals surface area contributed by atoms with E-state index in [1.165, 1.54) is 12.3 Å². The Morgan fingerprint density at radius 3 is 2.80 bits per heavy atom. The zero-order valence-electron chi connectivity index (χ0n) is 10.4. The van der Waals surface area contributed by atoms with Crippen LogP contribution in [-0.2, 0) is 0 Å². The second kappa shape index (κ2) is 4.02. The number of aromatic nitrogens is 2. The van der Waals surface area contributed by atoms with Gasteiger partial charge in [0.25, 0.3) is 0 Å². The van der Waals surface area contributed by atoms with E-state index in [4.69, 9.17) is 15.3 Å².